The molecule has 0 bridgehead atoms. The topological polar surface area (TPSA) is 61.7 Å². The van der Waals surface area contributed by atoms with Crippen molar-refractivity contribution in [3.63, 3.8) is 0 Å². The number of anilines is 1. The lowest BCUT2D eigenvalue weighted by Gasteiger charge is -2.36. The lowest BCUT2D eigenvalue weighted by atomic mass is 10.1. The third-order valence-electron chi connectivity index (χ3n) is 5.83. The van der Waals surface area contributed by atoms with E-state index in [-0.39, 0.29) is 12.4 Å². The number of ether oxygens (including phenoxy) is 1. The predicted octanol–water partition coefficient (Wildman–Crippen LogP) is 4.06. The van der Waals surface area contributed by atoms with Crippen LogP contribution in [0.2, 0.25) is 0 Å². The molecule has 5 rings (SSSR count). The fourth-order valence-electron chi connectivity index (χ4n) is 4.14. The summed E-state index contributed by atoms with van der Waals surface area (Å²) in [6, 6.07) is 16.1. The van der Waals surface area contributed by atoms with Crippen molar-refractivity contribution >= 4 is 27.4 Å². The minimum Gasteiger partial charge on any atom is -0.491 e. The van der Waals surface area contributed by atoms with E-state index in [1.165, 1.54) is 12.1 Å². The molecule has 6 nitrogen and oxygen atoms in total. The van der Waals surface area contributed by atoms with Crippen molar-refractivity contribution in [2.45, 2.75) is 6.10 Å². The second kappa shape index (κ2) is 9.82. The van der Waals surface area contributed by atoms with Crippen LogP contribution in [-0.2, 0) is 0 Å². The number of hydrogen-bond donors (Lipinski definition) is 1. The molecule has 0 saturated carbocycles. The minimum absolute atomic E-state index is 0.248. The van der Waals surface area contributed by atoms with Gasteiger partial charge in [0.1, 0.15) is 41.3 Å². The zero-order valence-electron chi connectivity index (χ0n) is 18.1. The summed E-state index contributed by atoms with van der Waals surface area (Å²) in [6.45, 7) is 4.09. The number of rotatable bonds is 7. The molecule has 1 saturated heterocycles. The van der Waals surface area contributed by atoms with Gasteiger partial charge >= 0.3 is 0 Å². The van der Waals surface area contributed by atoms with Crippen molar-refractivity contribution in [1.29, 1.82) is 0 Å². The molecule has 0 radical (unpaired) electrons. The Morgan fingerprint density at radius 2 is 1.76 bits per heavy atom. The number of thiophene rings is 1. The summed E-state index contributed by atoms with van der Waals surface area (Å²) in [6.07, 6.45) is 1.06. The van der Waals surface area contributed by atoms with Crippen LogP contribution in [0, 0.1) is 5.82 Å². The molecule has 0 amide bonds. The first-order valence-electron chi connectivity index (χ1n) is 11.0. The monoisotopic (exact) mass is 464 g/mol. The zero-order chi connectivity index (χ0) is 22.6. The van der Waals surface area contributed by atoms with Gasteiger partial charge in [-0.2, -0.15) is 0 Å². The quantitative estimate of drug-likeness (QED) is 0.445. The van der Waals surface area contributed by atoms with Crippen LogP contribution in [0.3, 0.4) is 0 Å². The lowest BCUT2D eigenvalue weighted by Crippen LogP contribution is -2.49. The molecule has 1 atom stereocenters. The number of benzene rings is 2. The molecule has 8 heteroatoms. The first-order valence-corrected chi connectivity index (χ1v) is 11.9. The molecule has 33 heavy (non-hydrogen) atoms. The zero-order valence-corrected chi connectivity index (χ0v) is 18.9. The van der Waals surface area contributed by atoms with Gasteiger partial charge in [0.15, 0.2) is 0 Å². The van der Waals surface area contributed by atoms with Gasteiger partial charge < -0.3 is 14.7 Å². The Hall–Kier alpha value is -3.07. The summed E-state index contributed by atoms with van der Waals surface area (Å²) in [5, 5.41) is 13.5. The predicted molar refractivity (Wildman–Crippen MR) is 129 cm³/mol. The Morgan fingerprint density at radius 3 is 2.52 bits per heavy atom. The van der Waals surface area contributed by atoms with Crippen LogP contribution in [-0.4, -0.2) is 65.4 Å². The number of fused-ring (bicyclic) bond motifs is 1. The van der Waals surface area contributed by atoms with E-state index in [0.717, 1.165) is 59.1 Å². The summed E-state index contributed by atoms with van der Waals surface area (Å²) in [5.41, 5.74) is 1.99. The Kier molecular flexibility index (Phi) is 6.48. The highest BCUT2D eigenvalue weighted by atomic mass is 32.1. The van der Waals surface area contributed by atoms with Crippen LogP contribution in [0.25, 0.3) is 21.3 Å². The number of halogens is 1. The molecule has 4 aromatic rings. The number of aromatic nitrogens is 2. The number of β-amino-alcohol motifs (C(OH)–C–C–N with tert-alkyl or cyclic N) is 1. The molecule has 170 valence electrons. The Morgan fingerprint density at radius 1 is 1.00 bits per heavy atom. The van der Waals surface area contributed by atoms with Crippen molar-refractivity contribution in [2.75, 3.05) is 44.2 Å². The minimum atomic E-state index is -0.551. The number of nitrogens with zero attached hydrogens (tertiary/aromatic N) is 4. The van der Waals surface area contributed by atoms with Crippen LogP contribution >= 0.6 is 11.3 Å². The van der Waals surface area contributed by atoms with E-state index >= 15 is 0 Å². The highest BCUT2D eigenvalue weighted by Crippen LogP contribution is 2.38. The maximum atomic E-state index is 13.4. The number of hydrogen-bond acceptors (Lipinski definition) is 7. The fraction of sp³-hybridized carbons (Fsp3) is 0.280. The SMILES string of the molecule is OC(COc1ccccc1)CN1CCN(c2ncnc3scc(-c4ccc(F)cc4)c23)CC1. The molecule has 2 aromatic carbocycles. The van der Waals surface area contributed by atoms with Gasteiger partial charge in [0.2, 0.25) is 0 Å². The summed E-state index contributed by atoms with van der Waals surface area (Å²) >= 11 is 1.57. The van der Waals surface area contributed by atoms with Gasteiger partial charge in [0, 0.05) is 43.7 Å². The van der Waals surface area contributed by atoms with Gasteiger partial charge in [-0.05, 0) is 29.8 Å². The molecular formula is C25H25FN4O2S. The molecule has 1 N–H and O–H groups in total. The van der Waals surface area contributed by atoms with E-state index in [1.54, 1.807) is 29.8 Å². The van der Waals surface area contributed by atoms with Crippen LogP contribution in [0.1, 0.15) is 0 Å². The highest BCUT2D eigenvalue weighted by molar-refractivity contribution is 7.17. The van der Waals surface area contributed by atoms with Crippen LogP contribution in [0.5, 0.6) is 5.75 Å². The average molecular weight is 465 g/mol. The van der Waals surface area contributed by atoms with Crippen LogP contribution in [0.4, 0.5) is 10.2 Å². The maximum absolute atomic E-state index is 13.4. The average Bonchev–Trinajstić information content (AvgIpc) is 3.29. The molecular weight excluding hydrogens is 439 g/mol. The third-order valence-corrected chi connectivity index (χ3v) is 6.72. The summed E-state index contributed by atoms with van der Waals surface area (Å²) in [7, 11) is 0. The van der Waals surface area contributed by atoms with Gasteiger partial charge in [-0.3, -0.25) is 4.90 Å². The van der Waals surface area contributed by atoms with E-state index in [9.17, 15) is 9.50 Å². The number of para-hydroxylation sites is 1. The van der Waals surface area contributed by atoms with Gasteiger partial charge in [0.25, 0.3) is 0 Å². The van der Waals surface area contributed by atoms with E-state index < -0.39 is 6.10 Å². The Labute approximate surface area is 195 Å². The van der Waals surface area contributed by atoms with Gasteiger partial charge in [-0.25, -0.2) is 14.4 Å². The molecule has 1 aliphatic heterocycles. The van der Waals surface area contributed by atoms with Crippen LogP contribution in [0.15, 0.2) is 66.3 Å². The van der Waals surface area contributed by atoms with E-state index in [1.807, 2.05) is 30.3 Å². The Bertz CT molecular complexity index is 1190. The smallest absolute Gasteiger partial charge is 0.141 e. The van der Waals surface area contributed by atoms with Gasteiger partial charge in [-0.15, -0.1) is 11.3 Å². The maximum Gasteiger partial charge on any atom is 0.141 e. The van der Waals surface area contributed by atoms with E-state index in [0.29, 0.717) is 6.54 Å². The van der Waals surface area contributed by atoms with Crippen LogP contribution < -0.4 is 9.64 Å². The molecule has 1 unspecified atom stereocenters. The first kappa shape index (κ1) is 21.8. The van der Waals surface area contributed by atoms with Gasteiger partial charge in [-0.1, -0.05) is 30.3 Å². The molecule has 0 aliphatic carbocycles. The summed E-state index contributed by atoms with van der Waals surface area (Å²) in [4.78, 5) is 14.5. The van der Waals surface area contributed by atoms with Gasteiger partial charge in [0.05, 0.1) is 5.39 Å². The number of aliphatic hydroxyl groups excluding tert-OH is 1. The van der Waals surface area contributed by atoms with Crippen molar-refractivity contribution in [3.8, 4) is 16.9 Å². The second-order valence-corrected chi connectivity index (χ2v) is 8.96. The standard InChI is InChI=1S/C25H25FN4O2S/c26-19-8-6-18(7-9-19)22-16-33-25-23(22)24(27-17-28-25)30-12-10-29(11-13-30)14-20(31)15-32-21-4-2-1-3-5-21/h1-9,16-17,20,31H,10-15H2. The number of piperazine rings is 1. The van der Waals surface area contributed by atoms with E-state index in [2.05, 4.69) is 25.1 Å². The molecule has 1 aliphatic rings. The molecule has 2 aromatic heterocycles. The largest absolute Gasteiger partial charge is 0.491 e. The fourth-order valence-corrected chi connectivity index (χ4v) is 5.05. The van der Waals surface area contributed by atoms with Crippen molar-refractivity contribution in [1.82, 2.24) is 14.9 Å². The van der Waals surface area contributed by atoms with Crippen molar-refractivity contribution in [3.05, 3.63) is 72.1 Å². The Balaban J connectivity index is 1.24. The third kappa shape index (κ3) is 4.98. The van der Waals surface area contributed by atoms with Crippen molar-refractivity contribution < 1.29 is 14.2 Å². The highest BCUT2D eigenvalue weighted by Gasteiger charge is 2.23. The second-order valence-electron chi connectivity index (χ2n) is 8.10. The van der Waals surface area contributed by atoms with Crippen molar-refractivity contribution in [2.24, 2.45) is 0 Å². The number of aliphatic hydroxyl groups is 1. The summed E-state index contributed by atoms with van der Waals surface area (Å²) < 4.78 is 19.1. The molecule has 1 fully saturated rings. The normalized spacial score (nSPS) is 15.6. The summed E-state index contributed by atoms with van der Waals surface area (Å²) in [5.74, 6) is 1.43. The lowest BCUT2D eigenvalue weighted by molar-refractivity contribution is 0.0663. The molecule has 3 heterocycles. The molecule has 0 spiro atoms. The first-order chi connectivity index (χ1) is 16.2. The van der Waals surface area contributed by atoms with E-state index in [4.69, 9.17) is 4.74 Å².